The molecule has 0 saturated carbocycles. The van der Waals surface area contributed by atoms with Gasteiger partial charge in [-0.3, -0.25) is 4.68 Å². The van der Waals surface area contributed by atoms with Gasteiger partial charge in [-0.15, -0.1) is 0 Å². The normalized spacial score (nSPS) is 12.6. The lowest BCUT2D eigenvalue weighted by atomic mass is 10.0. The lowest BCUT2D eigenvalue weighted by Gasteiger charge is -2.12. The minimum Gasteiger partial charge on any atom is -0.327 e. The van der Waals surface area contributed by atoms with Gasteiger partial charge in [0.05, 0.1) is 0 Å². The summed E-state index contributed by atoms with van der Waals surface area (Å²) in [5.41, 5.74) is 5.97. The first-order valence-corrected chi connectivity index (χ1v) is 6.17. The quantitative estimate of drug-likeness (QED) is 0.896. The van der Waals surface area contributed by atoms with Crippen LogP contribution in [0.1, 0.15) is 18.3 Å². The fourth-order valence-electron chi connectivity index (χ4n) is 2.01. The monoisotopic (exact) mass is 266 g/mol. The molecule has 4 nitrogen and oxygen atoms in total. The van der Waals surface area contributed by atoms with Gasteiger partial charge in [0, 0.05) is 24.6 Å². The molecule has 2 aromatic rings. The first-order valence-electron chi connectivity index (χ1n) is 6.17. The van der Waals surface area contributed by atoms with Crippen molar-refractivity contribution in [2.24, 2.45) is 5.73 Å². The molecule has 2 rings (SSSR count). The van der Waals surface area contributed by atoms with E-state index in [0.717, 1.165) is 5.82 Å². The van der Waals surface area contributed by atoms with E-state index in [1.807, 2.05) is 6.92 Å². The minimum atomic E-state index is -0.563. The van der Waals surface area contributed by atoms with Gasteiger partial charge in [0.2, 0.25) is 0 Å². The largest absolute Gasteiger partial charge is 0.327 e. The van der Waals surface area contributed by atoms with Gasteiger partial charge >= 0.3 is 0 Å². The maximum absolute atomic E-state index is 13.5. The first-order chi connectivity index (χ1) is 9.11. The lowest BCUT2D eigenvalue weighted by molar-refractivity contribution is 0.520. The molecule has 1 unspecified atom stereocenters. The topological polar surface area (TPSA) is 56.7 Å². The van der Waals surface area contributed by atoms with Crippen LogP contribution in [0.3, 0.4) is 0 Å². The van der Waals surface area contributed by atoms with Gasteiger partial charge in [-0.05, 0) is 25.5 Å². The highest BCUT2D eigenvalue weighted by Gasteiger charge is 2.15. The van der Waals surface area contributed by atoms with Gasteiger partial charge in [0.15, 0.2) is 0 Å². The number of halogens is 2. The van der Waals surface area contributed by atoms with Gasteiger partial charge in [-0.1, -0.05) is 6.07 Å². The van der Waals surface area contributed by atoms with Crippen molar-refractivity contribution in [3.63, 3.8) is 0 Å². The van der Waals surface area contributed by atoms with Crippen LogP contribution in [-0.2, 0) is 19.4 Å². The second-order valence-electron chi connectivity index (χ2n) is 4.36. The highest BCUT2D eigenvalue weighted by Crippen LogP contribution is 2.14. The number of nitrogens with zero attached hydrogens (tertiary/aromatic N) is 3. The molecule has 1 aromatic carbocycles. The van der Waals surface area contributed by atoms with E-state index in [1.165, 1.54) is 24.5 Å². The van der Waals surface area contributed by atoms with Crippen LogP contribution in [0.5, 0.6) is 0 Å². The molecule has 0 spiro atoms. The first kappa shape index (κ1) is 13.6. The molecule has 102 valence electrons. The van der Waals surface area contributed by atoms with Crippen molar-refractivity contribution in [1.29, 1.82) is 0 Å². The summed E-state index contributed by atoms with van der Waals surface area (Å²) in [4.78, 5) is 4.10. The van der Waals surface area contributed by atoms with E-state index in [-0.39, 0.29) is 12.0 Å². The van der Waals surface area contributed by atoms with Crippen molar-refractivity contribution in [2.45, 2.75) is 32.4 Å². The smallest absolute Gasteiger partial charge is 0.138 e. The maximum Gasteiger partial charge on any atom is 0.138 e. The number of benzene rings is 1. The highest BCUT2D eigenvalue weighted by molar-refractivity contribution is 5.20. The van der Waals surface area contributed by atoms with Crippen LogP contribution in [0.4, 0.5) is 8.78 Å². The molecular weight excluding hydrogens is 250 g/mol. The number of aryl methyl sites for hydroxylation is 1. The van der Waals surface area contributed by atoms with Crippen molar-refractivity contribution in [2.75, 3.05) is 0 Å². The fourth-order valence-corrected chi connectivity index (χ4v) is 2.01. The summed E-state index contributed by atoms with van der Waals surface area (Å²) in [6, 6.07) is 3.41. The van der Waals surface area contributed by atoms with Gasteiger partial charge in [-0.25, -0.2) is 13.8 Å². The Balaban J connectivity index is 2.07. The molecule has 0 amide bonds. The van der Waals surface area contributed by atoms with Crippen molar-refractivity contribution < 1.29 is 8.78 Å². The van der Waals surface area contributed by atoms with E-state index in [0.29, 0.717) is 13.0 Å². The Labute approximate surface area is 110 Å². The Bertz CT molecular complexity index is 533. The van der Waals surface area contributed by atoms with Gasteiger partial charge in [0.1, 0.15) is 23.8 Å². The molecule has 0 aliphatic carbocycles. The van der Waals surface area contributed by atoms with E-state index in [1.54, 1.807) is 4.68 Å². The SMILES string of the molecule is CCn1ncnc1CC(N)Cc1c(F)cccc1F. The molecule has 0 bridgehead atoms. The zero-order chi connectivity index (χ0) is 13.8. The lowest BCUT2D eigenvalue weighted by Crippen LogP contribution is -2.28. The fraction of sp³-hybridized carbons (Fsp3) is 0.385. The molecule has 1 aromatic heterocycles. The number of nitrogens with two attached hydrogens (primary N) is 1. The predicted molar refractivity (Wildman–Crippen MR) is 67.4 cm³/mol. The van der Waals surface area contributed by atoms with Crippen molar-refractivity contribution in [3.8, 4) is 0 Å². The summed E-state index contributed by atoms with van der Waals surface area (Å²) >= 11 is 0. The molecule has 0 radical (unpaired) electrons. The summed E-state index contributed by atoms with van der Waals surface area (Å²) in [6.07, 6.45) is 2.02. The van der Waals surface area contributed by atoms with Crippen molar-refractivity contribution in [1.82, 2.24) is 14.8 Å². The third-order valence-electron chi connectivity index (χ3n) is 2.97. The predicted octanol–water partition coefficient (Wildman–Crippen LogP) is 1.69. The Hall–Kier alpha value is -1.82. The third-order valence-corrected chi connectivity index (χ3v) is 2.97. The molecule has 1 heterocycles. The summed E-state index contributed by atoms with van der Waals surface area (Å²) < 4.78 is 28.7. The number of rotatable bonds is 5. The summed E-state index contributed by atoms with van der Waals surface area (Å²) in [6.45, 7) is 2.64. The number of aromatic nitrogens is 3. The number of hydrogen-bond acceptors (Lipinski definition) is 3. The van der Waals surface area contributed by atoms with Gasteiger partial charge in [-0.2, -0.15) is 5.10 Å². The summed E-state index contributed by atoms with van der Waals surface area (Å²) in [7, 11) is 0. The molecule has 1 atom stereocenters. The van der Waals surface area contributed by atoms with Crippen molar-refractivity contribution >= 4 is 0 Å². The molecule has 6 heteroatoms. The van der Waals surface area contributed by atoms with E-state index < -0.39 is 17.7 Å². The molecule has 19 heavy (non-hydrogen) atoms. The zero-order valence-corrected chi connectivity index (χ0v) is 10.7. The van der Waals surface area contributed by atoms with E-state index >= 15 is 0 Å². The average Bonchev–Trinajstić information content (AvgIpc) is 2.81. The molecule has 2 N–H and O–H groups in total. The maximum atomic E-state index is 13.5. The highest BCUT2D eigenvalue weighted by atomic mass is 19.1. The molecule has 0 aliphatic rings. The Kier molecular flexibility index (Phi) is 4.21. The summed E-state index contributed by atoms with van der Waals surface area (Å²) in [5, 5.41) is 4.03. The summed E-state index contributed by atoms with van der Waals surface area (Å²) in [5.74, 6) is -0.397. The molecule has 0 fully saturated rings. The molecule has 0 aliphatic heterocycles. The van der Waals surface area contributed by atoms with Crippen LogP contribution in [0.15, 0.2) is 24.5 Å². The average molecular weight is 266 g/mol. The minimum absolute atomic E-state index is 0.0255. The van der Waals surface area contributed by atoms with Crippen LogP contribution in [0, 0.1) is 11.6 Å². The Morgan fingerprint density at radius 2 is 1.95 bits per heavy atom. The Morgan fingerprint density at radius 3 is 2.58 bits per heavy atom. The molecular formula is C13H16F2N4. The third kappa shape index (κ3) is 3.14. The van der Waals surface area contributed by atoms with E-state index in [4.69, 9.17) is 5.73 Å². The molecule has 0 saturated heterocycles. The van der Waals surface area contributed by atoms with Crippen LogP contribution in [-0.4, -0.2) is 20.8 Å². The van der Waals surface area contributed by atoms with Gasteiger partial charge in [0.25, 0.3) is 0 Å². The van der Waals surface area contributed by atoms with Crippen LogP contribution >= 0.6 is 0 Å². The standard InChI is InChI=1S/C13H16F2N4/c1-2-19-13(17-8-18-19)7-9(16)6-10-11(14)4-3-5-12(10)15/h3-5,8-9H,2,6-7,16H2,1H3. The van der Waals surface area contributed by atoms with Crippen LogP contribution in [0.2, 0.25) is 0 Å². The van der Waals surface area contributed by atoms with Gasteiger partial charge < -0.3 is 5.73 Å². The van der Waals surface area contributed by atoms with E-state index in [9.17, 15) is 8.78 Å². The van der Waals surface area contributed by atoms with Crippen LogP contribution < -0.4 is 5.73 Å². The zero-order valence-electron chi connectivity index (χ0n) is 10.7. The van der Waals surface area contributed by atoms with E-state index in [2.05, 4.69) is 10.1 Å². The second-order valence-corrected chi connectivity index (χ2v) is 4.36. The second kappa shape index (κ2) is 5.88. The van der Waals surface area contributed by atoms with Crippen molar-refractivity contribution in [3.05, 3.63) is 47.5 Å². The number of hydrogen-bond donors (Lipinski definition) is 1. The Morgan fingerprint density at radius 1 is 1.26 bits per heavy atom. The van der Waals surface area contributed by atoms with Crippen LogP contribution in [0.25, 0.3) is 0 Å².